The summed E-state index contributed by atoms with van der Waals surface area (Å²) in [5.41, 5.74) is 5.34. The van der Waals surface area contributed by atoms with E-state index in [0.29, 0.717) is 6.42 Å². The van der Waals surface area contributed by atoms with Crippen molar-refractivity contribution >= 4 is 13.0 Å². The highest BCUT2D eigenvalue weighted by molar-refractivity contribution is 6.43. The summed E-state index contributed by atoms with van der Waals surface area (Å²) in [6, 6.07) is -0.636. The minimum Gasteiger partial charge on any atom is -0.426 e. The first kappa shape index (κ1) is 13.4. The van der Waals surface area contributed by atoms with Gasteiger partial charge in [-0.25, -0.2) is 0 Å². The molecule has 0 saturated heterocycles. The van der Waals surface area contributed by atoms with Crippen LogP contribution in [0.4, 0.5) is 0 Å². The van der Waals surface area contributed by atoms with Crippen LogP contribution in [0.25, 0.3) is 0 Å². The van der Waals surface area contributed by atoms with Crippen molar-refractivity contribution in [3.63, 3.8) is 0 Å². The molecule has 0 bridgehead atoms. The minimum absolute atomic E-state index is 0.273. The molecule has 2 atom stereocenters. The number of hydrogen-bond donors (Lipinski definition) is 4. The van der Waals surface area contributed by atoms with Crippen LogP contribution in [0, 0.1) is 5.92 Å². The van der Waals surface area contributed by atoms with Gasteiger partial charge in [-0.05, 0) is 19.3 Å². The third kappa shape index (κ3) is 5.21. The average Bonchev–Trinajstić information content (AvgIpc) is 2.01. The summed E-state index contributed by atoms with van der Waals surface area (Å²) in [5, 5.41) is 20.5. The van der Waals surface area contributed by atoms with Crippen molar-refractivity contribution in [1.82, 2.24) is 5.32 Å². The Bertz CT molecular complexity index is 185. The van der Waals surface area contributed by atoms with E-state index in [0.717, 1.165) is 0 Å². The molecule has 1 amide bonds. The van der Waals surface area contributed by atoms with Crippen LogP contribution in [-0.2, 0) is 4.79 Å². The second-order valence-electron chi connectivity index (χ2n) is 3.95. The van der Waals surface area contributed by atoms with E-state index in [4.69, 9.17) is 15.8 Å². The molecule has 0 radical (unpaired) electrons. The Morgan fingerprint density at radius 3 is 2.21 bits per heavy atom. The number of carbonyl (C=O) groups is 1. The molecule has 0 aromatic carbocycles. The van der Waals surface area contributed by atoms with Gasteiger partial charge in [0.25, 0.3) is 0 Å². The summed E-state index contributed by atoms with van der Waals surface area (Å²) < 4.78 is 0. The van der Waals surface area contributed by atoms with Crippen molar-refractivity contribution in [2.45, 2.75) is 39.2 Å². The fourth-order valence-corrected chi connectivity index (χ4v) is 1.08. The molecule has 5 N–H and O–H groups in total. The van der Waals surface area contributed by atoms with Crippen LogP contribution in [0.5, 0.6) is 0 Å². The Balaban J connectivity index is 4.16. The van der Waals surface area contributed by atoms with Crippen molar-refractivity contribution in [1.29, 1.82) is 0 Å². The average molecular weight is 202 g/mol. The van der Waals surface area contributed by atoms with E-state index in [1.807, 2.05) is 13.8 Å². The Hall–Kier alpha value is -0.585. The third-order valence-corrected chi connectivity index (χ3v) is 1.83. The Morgan fingerprint density at radius 2 is 1.93 bits per heavy atom. The lowest BCUT2D eigenvalue weighted by Gasteiger charge is -2.20. The molecular weight excluding hydrogens is 183 g/mol. The molecule has 0 aromatic rings. The van der Waals surface area contributed by atoms with E-state index in [9.17, 15) is 4.79 Å². The smallest absolute Gasteiger partial charge is 0.426 e. The van der Waals surface area contributed by atoms with Crippen LogP contribution in [-0.4, -0.2) is 35.1 Å². The molecule has 14 heavy (non-hydrogen) atoms. The lowest BCUT2D eigenvalue weighted by Crippen LogP contribution is -2.51. The van der Waals surface area contributed by atoms with Gasteiger partial charge < -0.3 is 21.1 Å². The Morgan fingerprint density at radius 1 is 1.43 bits per heavy atom. The lowest BCUT2D eigenvalue weighted by atomic mass is 9.75. The molecule has 0 rings (SSSR count). The number of nitrogens with one attached hydrogen (secondary N) is 1. The second-order valence-corrected chi connectivity index (χ2v) is 3.95. The molecule has 0 aliphatic heterocycles. The van der Waals surface area contributed by atoms with Gasteiger partial charge in [-0.15, -0.1) is 0 Å². The first-order valence-electron chi connectivity index (χ1n) is 4.76. The van der Waals surface area contributed by atoms with Crippen LogP contribution in [0.3, 0.4) is 0 Å². The van der Waals surface area contributed by atoms with Gasteiger partial charge >= 0.3 is 7.12 Å². The molecule has 0 saturated carbocycles. The predicted octanol–water partition coefficient (Wildman–Crippen LogP) is -1.12. The van der Waals surface area contributed by atoms with Crippen molar-refractivity contribution < 1.29 is 14.8 Å². The SMILES string of the molecule is CC(C)C[C@H](NC(=O)[C@H](C)N)B(O)O. The van der Waals surface area contributed by atoms with E-state index in [-0.39, 0.29) is 11.8 Å². The molecule has 82 valence electrons. The molecule has 0 aliphatic rings. The molecule has 0 aromatic heterocycles. The summed E-state index contributed by atoms with van der Waals surface area (Å²) in [6.07, 6.45) is 0.510. The quantitative estimate of drug-likeness (QED) is 0.424. The van der Waals surface area contributed by atoms with Gasteiger partial charge in [0.05, 0.1) is 12.0 Å². The zero-order valence-corrected chi connectivity index (χ0v) is 8.90. The van der Waals surface area contributed by atoms with Gasteiger partial charge in [-0.1, -0.05) is 13.8 Å². The standard InChI is InChI=1S/C8H19BN2O3/c1-5(2)4-7(9(13)14)11-8(12)6(3)10/h5-7,13-14H,4,10H2,1-3H3,(H,11,12)/t6-,7-/m0/s1. The third-order valence-electron chi connectivity index (χ3n) is 1.83. The molecular formula is C8H19BN2O3. The van der Waals surface area contributed by atoms with Gasteiger partial charge in [0, 0.05) is 0 Å². The predicted molar refractivity (Wildman–Crippen MR) is 55.2 cm³/mol. The topological polar surface area (TPSA) is 95.6 Å². The molecule has 0 spiro atoms. The normalized spacial score (nSPS) is 15.1. The maximum absolute atomic E-state index is 11.2. The van der Waals surface area contributed by atoms with E-state index >= 15 is 0 Å². The summed E-state index contributed by atoms with van der Waals surface area (Å²) in [5.74, 6) is -0.743. The van der Waals surface area contributed by atoms with Crippen molar-refractivity contribution in [2.75, 3.05) is 0 Å². The van der Waals surface area contributed by atoms with Gasteiger partial charge in [-0.2, -0.15) is 0 Å². The highest BCUT2D eigenvalue weighted by Crippen LogP contribution is 2.05. The zero-order chi connectivity index (χ0) is 11.3. The van der Waals surface area contributed by atoms with E-state index in [2.05, 4.69) is 5.32 Å². The van der Waals surface area contributed by atoms with Crippen LogP contribution >= 0.6 is 0 Å². The van der Waals surface area contributed by atoms with Gasteiger partial charge in [0.15, 0.2) is 0 Å². The lowest BCUT2D eigenvalue weighted by molar-refractivity contribution is -0.122. The van der Waals surface area contributed by atoms with Crippen molar-refractivity contribution in [2.24, 2.45) is 11.7 Å². The van der Waals surface area contributed by atoms with Crippen LogP contribution in [0.1, 0.15) is 27.2 Å². The van der Waals surface area contributed by atoms with Gasteiger partial charge in [-0.3, -0.25) is 4.79 Å². The Labute approximate surface area is 84.8 Å². The summed E-state index contributed by atoms with van der Waals surface area (Å²) in [7, 11) is -1.54. The van der Waals surface area contributed by atoms with E-state index < -0.39 is 19.1 Å². The fourth-order valence-electron chi connectivity index (χ4n) is 1.08. The molecule has 0 heterocycles. The first-order chi connectivity index (χ1) is 6.34. The number of hydrogen-bond acceptors (Lipinski definition) is 4. The van der Waals surface area contributed by atoms with Crippen molar-refractivity contribution in [3.8, 4) is 0 Å². The van der Waals surface area contributed by atoms with Gasteiger partial charge in [0.1, 0.15) is 0 Å². The van der Waals surface area contributed by atoms with Gasteiger partial charge in [0.2, 0.25) is 5.91 Å². The zero-order valence-electron chi connectivity index (χ0n) is 8.90. The highest BCUT2D eigenvalue weighted by atomic mass is 16.4. The summed E-state index contributed by atoms with van der Waals surface area (Å²) in [6.45, 7) is 5.42. The number of rotatable bonds is 5. The maximum Gasteiger partial charge on any atom is 0.475 e. The largest absolute Gasteiger partial charge is 0.475 e. The van der Waals surface area contributed by atoms with Crippen molar-refractivity contribution in [3.05, 3.63) is 0 Å². The number of amides is 1. The molecule has 5 nitrogen and oxygen atoms in total. The molecule has 6 heteroatoms. The summed E-state index contributed by atoms with van der Waals surface area (Å²) >= 11 is 0. The van der Waals surface area contributed by atoms with Crippen LogP contribution in [0.15, 0.2) is 0 Å². The number of nitrogens with two attached hydrogens (primary N) is 1. The monoisotopic (exact) mass is 202 g/mol. The van der Waals surface area contributed by atoms with Crippen LogP contribution < -0.4 is 11.1 Å². The highest BCUT2D eigenvalue weighted by Gasteiger charge is 2.26. The van der Waals surface area contributed by atoms with E-state index in [1.165, 1.54) is 0 Å². The maximum atomic E-state index is 11.2. The summed E-state index contributed by atoms with van der Waals surface area (Å²) in [4.78, 5) is 11.2. The molecule has 0 aliphatic carbocycles. The number of carbonyl (C=O) groups excluding carboxylic acids is 1. The Kier molecular flexibility index (Phi) is 5.75. The molecule has 0 fully saturated rings. The first-order valence-corrected chi connectivity index (χ1v) is 4.76. The van der Waals surface area contributed by atoms with E-state index in [1.54, 1.807) is 6.92 Å². The molecule has 0 unspecified atom stereocenters. The fraction of sp³-hybridized carbons (Fsp3) is 0.875. The van der Waals surface area contributed by atoms with Crippen LogP contribution in [0.2, 0.25) is 0 Å². The minimum atomic E-state index is -1.54. The second kappa shape index (κ2) is 6.00.